The Morgan fingerprint density at radius 1 is 1.69 bits per heavy atom. The second-order valence-corrected chi connectivity index (χ2v) is 4.54. The summed E-state index contributed by atoms with van der Waals surface area (Å²) in [5.74, 6) is 1.05. The van der Waals surface area contributed by atoms with E-state index in [1.807, 2.05) is 30.2 Å². The normalized spacial score (nSPS) is 22.5. The van der Waals surface area contributed by atoms with Gasteiger partial charge in [0, 0.05) is 31.2 Å². The van der Waals surface area contributed by atoms with Crippen LogP contribution in [0.25, 0.3) is 0 Å². The minimum atomic E-state index is 0.0921. The van der Waals surface area contributed by atoms with Crippen LogP contribution >= 0.6 is 11.6 Å². The number of pyridine rings is 1. The Kier molecular flexibility index (Phi) is 3.44. The van der Waals surface area contributed by atoms with Crippen LogP contribution in [0, 0.1) is 5.92 Å². The molecular formula is C12H15ClN2O. The number of alkyl halides is 1. The van der Waals surface area contributed by atoms with Crippen LogP contribution in [0.1, 0.15) is 24.9 Å². The molecule has 0 radical (unpaired) electrons. The number of amides is 1. The van der Waals surface area contributed by atoms with E-state index in [9.17, 15) is 4.79 Å². The lowest BCUT2D eigenvalue weighted by Crippen LogP contribution is -2.28. The Morgan fingerprint density at radius 2 is 2.50 bits per heavy atom. The highest BCUT2D eigenvalue weighted by atomic mass is 35.5. The molecule has 16 heavy (non-hydrogen) atoms. The molecule has 1 saturated heterocycles. The summed E-state index contributed by atoms with van der Waals surface area (Å²) in [6.07, 6.45) is 4.13. The lowest BCUT2D eigenvalue weighted by molar-refractivity contribution is -0.129. The van der Waals surface area contributed by atoms with E-state index in [-0.39, 0.29) is 11.9 Å². The van der Waals surface area contributed by atoms with Gasteiger partial charge < -0.3 is 4.90 Å². The maximum absolute atomic E-state index is 11.8. The smallest absolute Gasteiger partial charge is 0.223 e. The minimum Gasteiger partial charge on any atom is -0.336 e. The number of carbonyl (C=O) groups excluding carboxylic acids is 1. The van der Waals surface area contributed by atoms with Crippen LogP contribution in [-0.4, -0.2) is 28.2 Å². The van der Waals surface area contributed by atoms with Crippen LogP contribution < -0.4 is 0 Å². The number of likely N-dealkylation sites (tertiary alicyclic amines) is 1. The van der Waals surface area contributed by atoms with Crippen molar-refractivity contribution in [2.75, 3.05) is 12.4 Å². The van der Waals surface area contributed by atoms with Crippen molar-refractivity contribution in [2.24, 2.45) is 5.92 Å². The van der Waals surface area contributed by atoms with Gasteiger partial charge in [0.05, 0.1) is 6.04 Å². The molecule has 1 aliphatic rings. The second kappa shape index (κ2) is 4.83. The molecule has 0 saturated carbocycles. The standard InChI is InChI=1S/C12H15ClN2O/c1-9(11-3-2-4-14-7-11)15-8-10(6-13)5-12(15)16/h2-4,7,9-10H,5-6,8H2,1H3. The van der Waals surface area contributed by atoms with Crippen molar-refractivity contribution < 1.29 is 4.79 Å². The van der Waals surface area contributed by atoms with Crippen molar-refractivity contribution in [2.45, 2.75) is 19.4 Å². The molecule has 2 rings (SSSR count). The highest BCUT2D eigenvalue weighted by Crippen LogP contribution is 2.28. The second-order valence-electron chi connectivity index (χ2n) is 4.23. The maximum Gasteiger partial charge on any atom is 0.223 e. The highest BCUT2D eigenvalue weighted by Gasteiger charge is 2.32. The van der Waals surface area contributed by atoms with Gasteiger partial charge in [-0.1, -0.05) is 6.07 Å². The van der Waals surface area contributed by atoms with E-state index in [1.54, 1.807) is 6.20 Å². The molecule has 0 aliphatic carbocycles. The van der Waals surface area contributed by atoms with Gasteiger partial charge in [-0.15, -0.1) is 11.6 Å². The highest BCUT2D eigenvalue weighted by molar-refractivity contribution is 6.18. The Bertz CT molecular complexity index is 369. The van der Waals surface area contributed by atoms with Crippen LogP contribution in [0.5, 0.6) is 0 Å². The quantitative estimate of drug-likeness (QED) is 0.757. The van der Waals surface area contributed by atoms with Crippen molar-refractivity contribution in [3.63, 3.8) is 0 Å². The summed E-state index contributed by atoms with van der Waals surface area (Å²) in [5, 5.41) is 0. The predicted molar refractivity (Wildman–Crippen MR) is 63.2 cm³/mol. The van der Waals surface area contributed by atoms with Gasteiger partial charge in [0.15, 0.2) is 0 Å². The summed E-state index contributed by atoms with van der Waals surface area (Å²) in [6, 6.07) is 3.99. The van der Waals surface area contributed by atoms with Crippen LogP contribution in [0.3, 0.4) is 0 Å². The average molecular weight is 239 g/mol. The molecule has 2 atom stereocenters. The van der Waals surface area contributed by atoms with Crippen molar-refractivity contribution in [3.05, 3.63) is 30.1 Å². The first-order valence-corrected chi connectivity index (χ1v) is 6.01. The Balaban J connectivity index is 2.11. The van der Waals surface area contributed by atoms with E-state index in [4.69, 9.17) is 11.6 Å². The first-order valence-electron chi connectivity index (χ1n) is 5.47. The fraction of sp³-hybridized carbons (Fsp3) is 0.500. The molecule has 2 heterocycles. The fourth-order valence-corrected chi connectivity index (χ4v) is 2.30. The molecule has 1 aliphatic heterocycles. The molecule has 0 spiro atoms. The molecule has 86 valence electrons. The number of halogens is 1. The van der Waals surface area contributed by atoms with Gasteiger partial charge in [-0.2, -0.15) is 0 Å². The number of rotatable bonds is 3. The molecule has 0 N–H and O–H groups in total. The van der Waals surface area contributed by atoms with E-state index < -0.39 is 0 Å². The predicted octanol–water partition coefficient (Wildman–Crippen LogP) is 2.23. The number of nitrogens with zero attached hydrogens (tertiary/aromatic N) is 2. The summed E-state index contributed by atoms with van der Waals surface area (Å²) in [6.45, 7) is 2.80. The van der Waals surface area contributed by atoms with Crippen LogP contribution in [-0.2, 0) is 4.79 Å². The monoisotopic (exact) mass is 238 g/mol. The summed E-state index contributed by atoms with van der Waals surface area (Å²) in [4.78, 5) is 17.8. The van der Waals surface area contributed by atoms with Crippen molar-refractivity contribution >= 4 is 17.5 Å². The Hall–Kier alpha value is -1.09. The Labute approximate surface area is 100 Å². The topological polar surface area (TPSA) is 33.2 Å². The molecule has 3 nitrogen and oxygen atoms in total. The molecule has 1 amide bonds. The number of hydrogen-bond acceptors (Lipinski definition) is 2. The van der Waals surface area contributed by atoms with Gasteiger partial charge >= 0.3 is 0 Å². The van der Waals surface area contributed by atoms with E-state index >= 15 is 0 Å². The van der Waals surface area contributed by atoms with Gasteiger partial charge in [-0.05, 0) is 24.5 Å². The number of aromatic nitrogens is 1. The van der Waals surface area contributed by atoms with Gasteiger partial charge in [-0.25, -0.2) is 0 Å². The first kappa shape index (κ1) is 11.4. The first-order chi connectivity index (χ1) is 7.72. The molecule has 1 aromatic rings. The zero-order valence-corrected chi connectivity index (χ0v) is 10.0. The zero-order chi connectivity index (χ0) is 11.5. The number of carbonyl (C=O) groups is 1. The van der Waals surface area contributed by atoms with Crippen molar-refractivity contribution in [3.8, 4) is 0 Å². The van der Waals surface area contributed by atoms with Gasteiger partial charge in [0.25, 0.3) is 0 Å². The van der Waals surface area contributed by atoms with Crippen LogP contribution in [0.4, 0.5) is 0 Å². The van der Waals surface area contributed by atoms with E-state index in [1.165, 1.54) is 0 Å². The van der Waals surface area contributed by atoms with Crippen molar-refractivity contribution in [1.29, 1.82) is 0 Å². The Morgan fingerprint density at radius 3 is 3.06 bits per heavy atom. The average Bonchev–Trinajstić information content (AvgIpc) is 2.71. The third-order valence-electron chi connectivity index (χ3n) is 3.09. The SMILES string of the molecule is CC(c1cccnc1)N1CC(CCl)CC1=O. The fourth-order valence-electron chi connectivity index (χ4n) is 2.09. The molecule has 0 aromatic carbocycles. The lowest BCUT2D eigenvalue weighted by Gasteiger charge is -2.24. The van der Waals surface area contributed by atoms with Crippen molar-refractivity contribution in [1.82, 2.24) is 9.88 Å². The largest absolute Gasteiger partial charge is 0.336 e. The summed E-state index contributed by atoms with van der Waals surface area (Å²) in [5.41, 5.74) is 1.08. The molecule has 1 aromatic heterocycles. The molecule has 4 heteroatoms. The maximum atomic E-state index is 11.8. The molecular weight excluding hydrogens is 224 g/mol. The van der Waals surface area contributed by atoms with Gasteiger partial charge in [0.2, 0.25) is 5.91 Å². The zero-order valence-electron chi connectivity index (χ0n) is 9.27. The van der Waals surface area contributed by atoms with Crippen LogP contribution in [0.2, 0.25) is 0 Å². The molecule has 1 fully saturated rings. The minimum absolute atomic E-state index is 0.0921. The van der Waals surface area contributed by atoms with E-state index in [0.717, 1.165) is 12.1 Å². The van der Waals surface area contributed by atoms with Gasteiger partial charge in [-0.3, -0.25) is 9.78 Å². The third-order valence-corrected chi connectivity index (χ3v) is 3.53. The van der Waals surface area contributed by atoms with Crippen LogP contribution in [0.15, 0.2) is 24.5 Å². The van der Waals surface area contributed by atoms with E-state index in [0.29, 0.717) is 18.2 Å². The lowest BCUT2D eigenvalue weighted by atomic mass is 10.1. The third kappa shape index (κ3) is 2.19. The molecule has 2 unspecified atom stereocenters. The number of hydrogen-bond donors (Lipinski definition) is 0. The van der Waals surface area contributed by atoms with Gasteiger partial charge in [0.1, 0.15) is 0 Å². The summed E-state index contributed by atoms with van der Waals surface area (Å²) >= 11 is 5.80. The summed E-state index contributed by atoms with van der Waals surface area (Å²) in [7, 11) is 0. The molecule has 0 bridgehead atoms. The summed E-state index contributed by atoms with van der Waals surface area (Å²) < 4.78 is 0. The van der Waals surface area contributed by atoms with E-state index in [2.05, 4.69) is 4.98 Å².